The molecule has 0 aliphatic heterocycles. The first-order chi connectivity index (χ1) is 19.1. The number of benzene rings is 2. The monoisotopic (exact) mass is 539 g/mol. The van der Waals surface area contributed by atoms with Crippen molar-refractivity contribution < 1.29 is 14.4 Å². The highest BCUT2D eigenvalue weighted by Crippen LogP contribution is 2.28. The van der Waals surface area contributed by atoms with Crippen molar-refractivity contribution in [2.45, 2.75) is 110 Å². The first-order valence-corrected chi connectivity index (χ1v) is 15.0. The summed E-state index contributed by atoms with van der Waals surface area (Å²) in [5.74, 6) is 1.41. The molecule has 0 saturated carbocycles. The fourth-order valence-corrected chi connectivity index (χ4v) is 4.56. The Morgan fingerprint density at radius 3 is 1.82 bits per heavy atom. The zero-order valence-electron chi connectivity index (χ0n) is 24.2. The van der Waals surface area contributed by atoms with Crippen molar-refractivity contribution in [3.05, 3.63) is 58.1 Å². The number of hydrogen-bond acceptors (Lipinski definition) is 6. The molecule has 1 N–H and O–H groups in total. The fraction of sp³-hybridized carbons (Fsp3) is 0.594. The second-order valence-electron chi connectivity index (χ2n) is 10.2. The first-order valence-electron chi connectivity index (χ1n) is 15.0. The Morgan fingerprint density at radius 1 is 0.769 bits per heavy atom. The Balaban J connectivity index is 1.51. The second-order valence-corrected chi connectivity index (χ2v) is 10.2. The van der Waals surface area contributed by atoms with E-state index in [9.17, 15) is 10.1 Å². The van der Waals surface area contributed by atoms with Crippen LogP contribution in [-0.2, 0) is 0 Å². The van der Waals surface area contributed by atoms with Gasteiger partial charge in [0.2, 0.25) is 0 Å². The molecule has 216 valence electrons. The predicted octanol–water partition coefficient (Wildman–Crippen LogP) is 9.69. The molecule has 7 nitrogen and oxygen atoms in total. The van der Waals surface area contributed by atoms with E-state index in [-0.39, 0.29) is 5.69 Å². The number of hydrazone groups is 1. The number of hydrogen-bond donors (Lipinski definition) is 1. The van der Waals surface area contributed by atoms with E-state index in [0.717, 1.165) is 17.7 Å². The van der Waals surface area contributed by atoms with Gasteiger partial charge in [0.15, 0.2) is 11.5 Å². The normalized spacial score (nSPS) is 11.1. The number of unbranched alkanes of at least 4 members (excludes halogenated alkanes) is 15. The first kappa shape index (κ1) is 32.1. The summed E-state index contributed by atoms with van der Waals surface area (Å²) in [4.78, 5) is 10.3. The van der Waals surface area contributed by atoms with E-state index in [1.807, 2.05) is 18.2 Å². The third-order valence-corrected chi connectivity index (χ3v) is 6.93. The van der Waals surface area contributed by atoms with Gasteiger partial charge in [-0.1, -0.05) is 103 Å². The van der Waals surface area contributed by atoms with Crippen LogP contribution in [0.5, 0.6) is 11.5 Å². The molecule has 2 aromatic rings. The molecule has 2 aromatic carbocycles. The third kappa shape index (κ3) is 14.6. The Kier molecular flexibility index (Phi) is 17.1. The number of ether oxygens (including phenoxy) is 2. The summed E-state index contributed by atoms with van der Waals surface area (Å²) in [5, 5.41) is 14.9. The van der Waals surface area contributed by atoms with Crippen LogP contribution in [0.3, 0.4) is 0 Å². The lowest BCUT2D eigenvalue weighted by Gasteiger charge is -2.11. The molecule has 2 rings (SSSR count). The number of methoxy groups -OCH3 is 1. The molecular formula is C32H49N3O4. The van der Waals surface area contributed by atoms with Gasteiger partial charge in [0.25, 0.3) is 5.69 Å². The SMILES string of the molecule is CCCCCCCCCCCCCCCCCCOc1ccc(/C=N/Nc2ccc([N+](=O)[O-])cc2)cc1OC. The molecule has 0 saturated heterocycles. The molecule has 0 heterocycles. The largest absolute Gasteiger partial charge is 0.493 e. The van der Waals surface area contributed by atoms with Crippen molar-refractivity contribution in [2.24, 2.45) is 5.10 Å². The van der Waals surface area contributed by atoms with Crippen LogP contribution in [0.15, 0.2) is 47.6 Å². The summed E-state index contributed by atoms with van der Waals surface area (Å²) in [6.07, 6.45) is 23.3. The molecule has 0 amide bonds. The Labute approximate surface area is 235 Å². The van der Waals surface area contributed by atoms with Gasteiger partial charge in [0, 0.05) is 12.1 Å². The zero-order chi connectivity index (χ0) is 28.0. The van der Waals surface area contributed by atoms with Crippen molar-refractivity contribution in [2.75, 3.05) is 19.1 Å². The van der Waals surface area contributed by atoms with E-state index in [1.165, 1.54) is 108 Å². The smallest absolute Gasteiger partial charge is 0.269 e. The van der Waals surface area contributed by atoms with Crippen LogP contribution in [0.2, 0.25) is 0 Å². The predicted molar refractivity (Wildman–Crippen MR) is 162 cm³/mol. The van der Waals surface area contributed by atoms with Gasteiger partial charge in [-0.2, -0.15) is 5.10 Å². The molecule has 0 aliphatic rings. The Morgan fingerprint density at radius 2 is 1.31 bits per heavy atom. The molecule has 0 bridgehead atoms. The fourth-order valence-electron chi connectivity index (χ4n) is 4.56. The van der Waals surface area contributed by atoms with Crippen LogP contribution in [0.1, 0.15) is 115 Å². The molecule has 0 aliphatic carbocycles. The highest BCUT2D eigenvalue weighted by atomic mass is 16.6. The number of anilines is 1. The molecule has 0 atom stereocenters. The molecule has 39 heavy (non-hydrogen) atoms. The summed E-state index contributed by atoms with van der Waals surface area (Å²) in [7, 11) is 1.63. The van der Waals surface area contributed by atoms with E-state index < -0.39 is 4.92 Å². The number of nitro groups is 1. The molecule has 0 spiro atoms. The van der Waals surface area contributed by atoms with E-state index in [0.29, 0.717) is 18.0 Å². The number of nitrogens with zero attached hydrogens (tertiary/aromatic N) is 2. The van der Waals surface area contributed by atoms with Crippen LogP contribution < -0.4 is 14.9 Å². The molecule has 0 radical (unpaired) electrons. The van der Waals surface area contributed by atoms with Crippen LogP contribution in [0.25, 0.3) is 0 Å². The van der Waals surface area contributed by atoms with Crippen LogP contribution in [0, 0.1) is 10.1 Å². The number of rotatable bonds is 23. The topological polar surface area (TPSA) is 86.0 Å². The lowest BCUT2D eigenvalue weighted by atomic mass is 10.0. The van der Waals surface area contributed by atoms with Gasteiger partial charge in [-0.15, -0.1) is 0 Å². The van der Waals surface area contributed by atoms with E-state index >= 15 is 0 Å². The Hall–Kier alpha value is -3.09. The average Bonchev–Trinajstić information content (AvgIpc) is 2.95. The summed E-state index contributed by atoms with van der Waals surface area (Å²) in [5.41, 5.74) is 4.45. The van der Waals surface area contributed by atoms with E-state index in [4.69, 9.17) is 9.47 Å². The highest BCUT2D eigenvalue weighted by molar-refractivity contribution is 5.81. The van der Waals surface area contributed by atoms with Gasteiger partial charge in [-0.3, -0.25) is 15.5 Å². The summed E-state index contributed by atoms with van der Waals surface area (Å²) >= 11 is 0. The van der Waals surface area contributed by atoms with Gasteiger partial charge >= 0.3 is 0 Å². The van der Waals surface area contributed by atoms with Crippen LogP contribution >= 0.6 is 0 Å². The summed E-state index contributed by atoms with van der Waals surface area (Å²) in [6, 6.07) is 11.8. The third-order valence-electron chi connectivity index (χ3n) is 6.93. The maximum absolute atomic E-state index is 10.7. The van der Waals surface area contributed by atoms with E-state index in [2.05, 4.69) is 17.5 Å². The van der Waals surface area contributed by atoms with Crippen LogP contribution in [0.4, 0.5) is 11.4 Å². The second kappa shape index (κ2) is 20.8. The van der Waals surface area contributed by atoms with Crippen molar-refractivity contribution in [1.29, 1.82) is 0 Å². The van der Waals surface area contributed by atoms with Gasteiger partial charge in [-0.05, 0) is 42.3 Å². The average molecular weight is 540 g/mol. The number of nitro benzene ring substituents is 1. The molecule has 7 heteroatoms. The van der Waals surface area contributed by atoms with Crippen molar-refractivity contribution in [3.8, 4) is 11.5 Å². The minimum absolute atomic E-state index is 0.0458. The van der Waals surface area contributed by atoms with Crippen molar-refractivity contribution in [1.82, 2.24) is 0 Å². The summed E-state index contributed by atoms with van der Waals surface area (Å²) in [6.45, 7) is 2.96. The minimum Gasteiger partial charge on any atom is -0.493 e. The van der Waals surface area contributed by atoms with Crippen molar-refractivity contribution >= 4 is 17.6 Å². The zero-order valence-corrected chi connectivity index (χ0v) is 24.2. The van der Waals surface area contributed by atoms with Gasteiger partial charge < -0.3 is 9.47 Å². The van der Waals surface area contributed by atoms with Crippen molar-refractivity contribution in [3.63, 3.8) is 0 Å². The molecule has 0 aromatic heterocycles. The standard InChI is InChI=1S/C32H49N3O4/c1-3-4-5-6-7-8-9-10-11-12-13-14-15-16-17-18-25-39-31-24-19-28(26-32(31)38-2)27-33-34-29-20-22-30(23-21-29)35(36)37/h19-24,26-27,34H,3-18,25H2,1-2H3/b33-27+. The molecular weight excluding hydrogens is 490 g/mol. The molecule has 0 fully saturated rings. The molecule has 0 unspecified atom stereocenters. The Bertz CT molecular complexity index is 947. The number of non-ortho nitro benzene ring substituents is 1. The lowest BCUT2D eigenvalue weighted by Crippen LogP contribution is -2.00. The lowest BCUT2D eigenvalue weighted by molar-refractivity contribution is -0.384. The van der Waals surface area contributed by atoms with Crippen LogP contribution in [-0.4, -0.2) is 24.9 Å². The van der Waals surface area contributed by atoms with Gasteiger partial charge in [-0.25, -0.2) is 0 Å². The number of nitrogens with one attached hydrogen (secondary N) is 1. The maximum atomic E-state index is 10.7. The quantitative estimate of drug-likeness (QED) is 0.0657. The van der Waals surface area contributed by atoms with Gasteiger partial charge in [0.1, 0.15) is 0 Å². The minimum atomic E-state index is -0.427. The maximum Gasteiger partial charge on any atom is 0.269 e. The summed E-state index contributed by atoms with van der Waals surface area (Å²) < 4.78 is 11.5. The van der Waals surface area contributed by atoms with E-state index in [1.54, 1.807) is 25.5 Å². The highest BCUT2D eigenvalue weighted by Gasteiger charge is 2.06. The van der Waals surface area contributed by atoms with Gasteiger partial charge in [0.05, 0.1) is 30.5 Å².